The first-order chi connectivity index (χ1) is 8.65. The largest absolute Gasteiger partial charge is 0.378 e. The summed E-state index contributed by atoms with van der Waals surface area (Å²) < 4.78 is 0. The van der Waals surface area contributed by atoms with Crippen molar-refractivity contribution in [2.75, 3.05) is 13.1 Å². The minimum atomic E-state index is -1.27. The molecule has 0 radical (unpaired) electrons. The highest BCUT2D eigenvalue weighted by Crippen LogP contribution is 2.11. The molecule has 0 saturated heterocycles. The monoisotopic (exact) mass is 248 g/mol. The predicted molar refractivity (Wildman–Crippen MR) is 67.6 cm³/mol. The second-order valence-electron chi connectivity index (χ2n) is 3.62. The zero-order valence-electron chi connectivity index (χ0n) is 9.93. The van der Waals surface area contributed by atoms with Crippen molar-refractivity contribution < 1.29 is 14.7 Å². The molecule has 3 N–H and O–H groups in total. The molecule has 1 atom stereocenters. The SMILES string of the molecule is C=CCNC(=O)CNC(=O)C(O)c1ccccc1. The summed E-state index contributed by atoms with van der Waals surface area (Å²) in [6.45, 7) is 3.63. The molecular weight excluding hydrogens is 232 g/mol. The fourth-order valence-corrected chi connectivity index (χ4v) is 1.30. The van der Waals surface area contributed by atoms with Crippen LogP contribution in [0.25, 0.3) is 0 Å². The van der Waals surface area contributed by atoms with Gasteiger partial charge in [-0.1, -0.05) is 36.4 Å². The summed E-state index contributed by atoms with van der Waals surface area (Å²) in [5, 5.41) is 14.6. The van der Waals surface area contributed by atoms with Crippen LogP contribution in [0, 0.1) is 0 Å². The highest BCUT2D eigenvalue weighted by molar-refractivity contribution is 5.87. The smallest absolute Gasteiger partial charge is 0.253 e. The third-order valence-corrected chi connectivity index (χ3v) is 2.23. The van der Waals surface area contributed by atoms with Gasteiger partial charge in [-0.2, -0.15) is 0 Å². The minimum Gasteiger partial charge on any atom is -0.378 e. The Labute approximate surface area is 106 Å². The van der Waals surface area contributed by atoms with Gasteiger partial charge in [-0.15, -0.1) is 6.58 Å². The van der Waals surface area contributed by atoms with E-state index in [1.54, 1.807) is 36.4 Å². The zero-order chi connectivity index (χ0) is 13.4. The molecule has 0 aliphatic heterocycles. The third kappa shape index (κ3) is 4.39. The molecule has 5 heteroatoms. The van der Waals surface area contributed by atoms with E-state index in [-0.39, 0.29) is 12.5 Å². The van der Waals surface area contributed by atoms with Gasteiger partial charge in [0.15, 0.2) is 6.10 Å². The average molecular weight is 248 g/mol. The topological polar surface area (TPSA) is 78.4 Å². The van der Waals surface area contributed by atoms with Crippen LogP contribution < -0.4 is 10.6 Å². The normalized spacial score (nSPS) is 11.4. The lowest BCUT2D eigenvalue weighted by molar-refractivity contribution is -0.132. The maximum Gasteiger partial charge on any atom is 0.253 e. The molecule has 1 rings (SSSR count). The maximum absolute atomic E-state index is 11.6. The van der Waals surface area contributed by atoms with Crippen molar-refractivity contribution in [3.8, 4) is 0 Å². The first kappa shape index (κ1) is 13.9. The Bertz CT molecular complexity index is 418. The van der Waals surface area contributed by atoms with E-state index in [4.69, 9.17) is 0 Å². The van der Waals surface area contributed by atoms with Gasteiger partial charge in [0.05, 0.1) is 6.54 Å². The van der Waals surface area contributed by atoms with Gasteiger partial charge in [0.25, 0.3) is 5.91 Å². The summed E-state index contributed by atoms with van der Waals surface area (Å²) in [5.74, 6) is -0.932. The number of aliphatic hydroxyl groups is 1. The van der Waals surface area contributed by atoms with Crippen LogP contribution in [0.1, 0.15) is 11.7 Å². The van der Waals surface area contributed by atoms with Crippen LogP contribution in [0.15, 0.2) is 43.0 Å². The summed E-state index contributed by atoms with van der Waals surface area (Å²) in [5.41, 5.74) is 0.487. The lowest BCUT2D eigenvalue weighted by Crippen LogP contribution is -2.39. The third-order valence-electron chi connectivity index (χ3n) is 2.23. The Morgan fingerprint density at radius 3 is 2.56 bits per heavy atom. The number of hydrogen-bond donors (Lipinski definition) is 3. The number of aliphatic hydroxyl groups excluding tert-OH is 1. The molecule has 0 spiro atoms. The molecule has 18 heavy (non-hydrogen) atoms. The molecule has 2 amide bonds. The van der Waals surface area contributed by atoms with Gasteiger partial charge in [-0.25, -0.2) is 0 Å². The molecule has 1 aromatic carbocycles. The van der Waals surface area contributed by atoms with Gasteiger partial charge < -0.3 is 15.7 Å². The lowest BCUT2D eigenvalue weighted by Gasteiger charge is -2.11. The summed E-state index contributed by atoms with van der Waals surface area (Å²) in [6, 6.07) is 8.52. The van der Waals surface area contributed by atoms with Gasteiger partial charge >= 0.3 is 0 Å². The van der Waals surface area contributed by atoms with Crippen molar-refractivity contribution in [2.24, 2.45) is 0 Å². The van der Waals surface area contributed by atoms with Crippen molar-refractivity contribution >= 4 is 11.8 Å². The van der Waals surface area contributed by atoms with E-state index in [1.807, 2.05) is 0 Å². The fraction of sp³-hybridized carbons (Fsp3) is 0.231. The first-order valence-corrected chi connectivity index (χ1v) is 5.53. The predicted octanol–water partition coefficient (Wildman–Crippen LogP) is 0.138. The Hall–Kier alpha value is -2.14. The molecular formula is C13H16N2O3. The Balaban J connectivity index is 2.41. The van der Waals surface area contributed by atoms with Gasteiger partial charge in [0.1, 0.15) is 0 Å². The minimum absolute atomic E-state index is 0.170. The second-order valence-corrected chi connectivity index (χ2v) is 3.62. The Morgan fingerprint density at radius 1 is 1.28 bits per heavy atom. The molecule has 0 aromatic heterocycles. The summed E-state index contributed by atoms with van der Waals surface area (Å²) in [6.07, 6.45) is 0.275. The molecule has 0 aliphatic carbocycles. The lowest BCUT2D eigenvalue weighted by atomic mass is 10.1. The number of carbonyl (C=O) groups is 2. The standard InChI is InChI=1S/C13H16N2O3/c1-2-8-14-11(16)9-15-13(18)12(17)10-6-4-3-5-7-10/h2-7,12,17H,1,8-9H2,(H,14,16)(H,15,18). The van der Waals surface area contributed by atoms with Crippen LogP contribution >= 0.6 is 0 Å². The molecule has 96 valence electrons. The maximum atomic E-state index is 11.6. The van der Waals surface area contributed by atoms with Gasteiger partial charge in [0.2, 0.25) is 5.91 Å². The van der Waals surface area contributed by atoms with Crippen molar-refractivity contribution in [3.05, 3.63) is 48.6 Å². The van der Waals surface area contributed by atoms with Crippen molar-refractivity contribution in [2.45, 2.75) is 6.10 Å². The molecule has 1 aromatic rings. The van der Waals surface area contributed by atoms with E-state index >= 15 is 0 Å². The number of amides is 2. The second kappa shape index (κ2) is 7.24. The summed E-state index contributed by atoms with van der Waals surface area (Å²) >= 11 is 0. The van der Waals surface area contributed by atoms with E-state index in [2.05, 4.69) is 17.2 Å². The van der Waals surface area contributed by atoms with E-state index in [9.17, 15) is 14.7 Å². The first-order valence-electron chi connectivity index (χ1n) is 5.53. The van der Waals surface area contributed by atoms with Crippen LogP contribution in [-0.4, -0.2) is 30.0 Å². The van der Waals surface area contributed by atoms with E-state index in [0.29, 0.717) is 12.1 Å². The van der Waals surface area contributed by atoms with Crippen molar-refractivity contribution in [1.29, 1.82) is 0 Å². The molecule has 5 nitrogen and oxygen atoms in total. The van der Waals surface area contributed by atoms with Gasteiger partial charge in [-0.3, -0.25) is 9.59 Å². The Kier molecular flexibility index (Phi) is 5.60. The quantitative estimate of drug-likeness (QED) is 0.626. The molecule has 0 saturated carbocycles. The number of benzene rings is 1. The van der Waals surface area contributed by atoms with Gasteiger partial charge in [0, 0.05) is 6.54 Å². The summed E-state index contributed by atoms with van der Waals surface area (Å²) in [7, 11) is 0. The molecule has 1 unspecified atom stereocenters. The number of hydrogen-bond acceptors (Lipinski definition) is 3. The van der Waals surface area contributed by atoms with Crippen LogP contribution in [0.3, 0.4) is 0 Å². The van der Waals surface area contributed by atoms with Crippen molar-refractivity contribution in [1.82, 2.24) is 10.6 Å². The zero-order valence-corrected chi connectivity index (χ0v) is 9.93. The Morgan fingerprint density at radius 2 is 1.94 bits per heavy atom. The molecule has 0 bridgehead atoms. The van der Waals surface area contributed by atoms with E-state index in [1.165, 1.54) is 0 Å². The summed E-state index contributed by atoms with van der Waals surface area (Å²) in [4.78, 5) is 22.8. The van der Waals surface area contributed by atoms with Crippen LogP contribution in [0.5, 0.6) is 0 Å². The highest BCUT2D eigenvalue weighted by Gasteiger charge is 2.17. The number of carbonyl (C=O) groups excluding carboxylic acids is 2. The van der Waals surface area contributed by atoms with Crippen LogP contribution in [-0.2, 0) is 9.59 Å². The van der Waals surface area contributed by atoms with Crippen molar-refractivity contribution in [3.63, 3.8) is 0 Å². The molecule has 0 heterocycles. The molecule has 0 aliphatic rings. The number of nitrogens with one attached hydrogen (secondary N) is 2. The molecule has 0 fully saturated rings. The van der Waals surface area contributed by atoms with Gasteiger partial charge in [-0.05, 0) is 5.56 Å². The van der Waals surface area contributed by atoms with E-state index in [0.717, 1.165) is 0 Å². The number of rotatable bonds is 6. The average Bonchev–Trinajstić information content (AvgIpc) is 2.42. The van der Waals surface area contributed by atoms with Crippen LogP contribution in [0.2, 0.25) is 0 Å². The highest BCUT2D eigenvalue weighted by atomic mass is 16.3. The van der Waals surface area contributed by atoms with E-state index < -0.39 is 12.0 Å². The fourth-order valence-electron chi connectivity index (χ4n) is 1.30. The van der Waals surface area contributed by atoms with Crippen LogP contribution in [0.4, 0.5) is 0 Å².